The number of nitrogens with zero attached hydrogens (tertiary/aromatic N) is 2. The van der Waals surface area contributed by atoms with Crippen LogP contribution in [0.15, 0.2) is 30.6 Å². The Morgan fingerprint density at radius 3 is 2.78 bits per heavy atom. The van der Waals surface area contributed by atoms with Crippen LogP contribution in [-0.2, 0) is 0 Å². The Hall–Kier alpha value is -1.44. The molecule has 94 valence electrons. The van der Waals surface area contributed by atoms with Crippen LogP contribution in [0.5, 0.6) is 0 Å². The molecule has 0 unspecified atom stereocenters. The lowest BCUT2D eigenvalue weighted by Gasteiger charge is -2.09. The average molecular weight is 358 g/mol. The molecule has 0 atom stereocenters. The van der Waals surface area contributed by atoms with E-state index in [0.29, 0.717) is 11.6 Å². The van der Waals surface area contributed by atoms with Crippen molar-refractivity contribution in [3.63, 3.8) is 0 Å². The number of halogens is 2. The van der Waals surface area contributed by atoms with Gasteiger partial charge in [0.1, 0.15) is 11.6 Å². The summed E-state index contributed by atoms with van der Waals surface area (Å²) in [5.41, 5.74) is 0.806. The van der Waals surface area contributed by atoms with E-state index in [1.807, 2.05) is 6.92 Å². The van der Waals surface area contributed by atoms with E-state index >= 15 is 0 Å². The van der Waals surface area contributed by atoms with Crippen LogP contribution in [0.25, 0.3) is 0 Å². The van der Waals surface area contributed by atoms with Gasteiger partial charge in [0.2, 0.25) is 0 Å². The maximum absolute atomic E-state index is 13.0. The second kappa shape index (κ2) is 5.94. The zero-order valence-electron chi connectivity index (χ0n) is 9.74. The fourth-order valence-corrected chi connectivity index (χ4v) is 2.03. The van der Waals surface area contributed by atoms with Crippen molar-refractivity contribution in [2.75, 3.05) is 17.2 Å². The maximum atomic E-state index is 13.0. The molecule has 0 saturated heterocycles. The Balaban J connectivity index is 2.20. The molecule has 0 aliphatic carbocycles. The highest BCUT2D eigenvalue weighted by atomic mass is 127. The molecule has 0 radical (unpaired) electrons. The van der Waals surface area contributed by atoms with E-state index < -0.39 is 0 Å². The lowest BCUT2D eigenvalue weighted by atomic mass is 10.3. The minimum atomic E-state index is -0.252. The molecule has 0 aliphatic rings. The quantitative estimate of drug-likeness (QED) is 0.823. The molecule has 2 rings (SSSR count). The van der Waals surface area contributed by atoms with Gasteiger partial charge in [0, 0.05) is 10.1 Å². The van der Waals surface area contributed by atoms with Crippen LogP contribution in [0.2, 0.25) is 0 Å². The molecular weight excluding hydrogens is 346 g/mol. The molecule has 4 nitrogen and oxygen atoms in total. The van der Waals surface area contributed by atoms with Gasteiger partial charge in [-0.3, -0.25) is 4.98 Å². The summed E-state index contributed by atoms with van der Waals surface area (Å²) in [5.74, 6) is 1.08. The molecule has 2 aromatic rings. The van der Waals surface area contributed by atoms with Crippen molar-refractivity contribution in [2.24, 2.45) is 0 Å². The van der Waals surface area contributed by atoms with Crippen molar-refractivity contribution < 1.29 is 4.39 Å². The number of hydrogen-bond donors (Lipinski definition) is 2. The van der Waals surface area contributed by atoms with E-state index in [4.69, 9.17) is 0 Å². The average Bonchev–Trinajstić information content (AvgIpc) is 2.34. The summed E-state index contributed by atoms with van der Waals surface area (Å²) in [5, 5.41) is 6.19. The molecule has 0 amide bonds. The SMILES string of the molecule is CCNc1cncc(Nc2ccc(F)cc2I)n1. The number of anilines is 3. The van der Waals surface area contributed by atoms with Crippen molar-refractivity contribution in [1.82, 2.24) is 9.97 Å². The standard InChI is InChI=1S/C12H12FIN4/c1-2-16-11-6-15-7-12(18-11)17-10-4-3-8(13)5-9(10)14/h3-7H,2H2,1H3,(H2,16,17,18). The van der Waals surface area contributed by atoms with Crippen LogP contribution in [-0.4, -0.2) is 16.5 Å². The zero-order valence-corrected chi connectivity index (χ0v) is 11.9. The third-order valence-electron chi connectivity index (χ3n) is 2.19. The summed E-state index contributed by atoms with van der Waals surface area (Å²) in [6, 6.07) is 4.55. The van der Waals surface area contributed by atoms with Gasteiger partial charge < -0.3 is 10.6 Å². The normalized spacial score (nSPS) is 10.2. The number of benzene rings is 1. The van der Waals surface area contributed by atoms with Gasteiger partial charge in [-0.25, -0.2) is 9.37 Å². The Morgan fingerprint density at radius 1 is 1.28 bits per heavy atom. The van der Waals surface area contributed by atoms with Gasteiger partial charge in [0.25, 0.3) is 0 Å². The fourth-order valence-electron chi connectivity index (χ4n) is 1.42. The Morgan fingerprint density at radius 2 is 2.06 bits per heavy atom. The number of aromatic nitrogens is 2. The first-order valence-corrected chi connectivity index (χ1v) is 6.55. The van der Waals surface area contributed by atoms with Gasteiger partial charge in [-0.05, 0) is 47.7 Å². The van der Waals surface area contributed by atoms with Gasteiger partial charge >= 0.3 is 0 Å². The summed E-state index contributed by atoms with van der Waals surface area (Å²) in [6.45, 7) is 2.77. The van der Waals surface area contributed by atoms with E-state index in [9.17, 15) is 4.39 Å². The van der Waals surface area contributed by atoms with Gasteiger partial charge in [-0.15, -0.1) is 0 Å². The molecule has 0 spiro atoms. The molecular formula is C12H12FIN4. The fraction of sp³-hybridized carbons (Fsp3) is 0.167. The van der Waals surface area contributed by atoms with Crippen LogP contribution in [0.4, 0.5) is 21.7 Å². The van der Waals surface area contributed by atoms with Gasteiger partial charge in [-0.2, -0.15) is 0 Å². The molecule has 0 bridgehead atoms. The monoisotopic (exact) mass is 358 g/mol. The summed E-state index contributed by atoms with van der Waals surface area (Å²) in [7, 11) is 0. The highest BCUT2D eigenvalue weighted by Crippen LogP contribution is 2.22. The Labute approximate surface area is 118 Å². The second-order valence-corrected chi connectivity index (χ2v) is 4.73. The summed E-state index contributed by atoms with van der Waals surface area (Å²) < 4.78 is 13.8. The van der Waals surface area contributed by atoms with E-state index in [1.165, 1.54) is 12.1 Å². The molecule has 2 N–H and O–H groups in total. The lowest BCUT2D eigenvalue weighted by Crippen LogP contribution is -2.03. The minimum Gasteiger partial charge on any atom is -0.369 e. The van der Waals surface area contributed by atoms with Crippen molar-refractivity contribution in [1.29, 1.82) is 0 Å². The highest BCUT2D eigenvalue weighted by Gasteiger charge is 2.03. The molecule has 1 aromatic heterocycles. The third-order valence-corrected chi connectivity index (χ3v) is 3.08. The molecule has 6 heteroatoms. The molecule has 0 saturated carbocycles. The van der Waals surface area contributed by atoms with Crippen LogP contribution in [0, 0.1) is 9.39 Å². The molecule has 0 aliphatic heterocycles. The van der Waals surface area contributed by atoms with Crippen LogP contribution in [0.3, 0.4) is 0 Å². The first-order valence-electron chi connectivity index (χ1n) is 5.47. The third kappa shape index (κ3) is 3.28. The topological polar surface area (TPSA) is 49.8 Å². The Kier molecular flexibility index (Phi) is 4.29. The summed E-state index contributed by atoms with van der Waals surface area (Å²) >= 11 is 2.07. The van der Waals surface area contributed by atoms with E-state index in [2.05, 4.69) is 43.2 Å². The van der Waals surface area contributed by atoms with Crippen molar-refractivity contribution in [3.05, 3.63) is 40.0 Å². The second-order valence-electron chi connectivity index (χ2n) is 3.57. The van der Waals surface area contributed by atoms with Gasteiger partial charge in [0.15, 0.2) is 5.82 Å². The molecule has 1 heterocycles. The highest BCUT2D eigenvalue weighted by molar-refractivity contribution is 14.1. The Bertz CT molecular complexity index is 547. The first-order chi connectivity index (χ1) is 8.69. The van der Waals surface area contributed by atoms with Crippen molar-refractivity contribution in [3.8, 4) is 0 Å². The first kappa shape index (κ1) is 13.0. The van der Waals surface area contributed by atoms with Gasteiger partial charge in [0.05, 0.1) is 18.1 Å². The van der Waals surface area contributed by atoms with E-state index in [-0.39, 0.29) is 5.82 Å². The minimum absolute atomic E-state index is 0.252. The van der Waals surface area contributed by atoms with E-state index in [1.54, 1.807) is 18.5 Å². The van der Waals surface area contributed by atoms with Crippen molar-refractivity contribution in [2.45, 2.75) is 6.92 Å². The molecule has 18 heavy (non-hydrogen) atoms. The maximum Gasteiger partial charge on any atom is 0.151 e. The predicted molar refractivity (Wildman–Crippen MR) is 78.6 cm³/mol. The van der Waals surface area contributed by atoms with E-state index in [0.717, 1.165) is 15.8 Å². The largest absolute Gasteiger partial charge is 0.369 e. The predicted octanol–water partition coefficient (Wildman–Crippen LogP) is 3.40. The van der Waals surface area contributed by atoms with Crippen LogP contribution in [0.1, 0.15) is 6.92 Å². The number of rotatable bonds is 4. The zero-order chi connectivity index (χ0) is 13.0. The summed E-state index contributed by atoms with van der Waals surface area (Å²) in [4.78, 5) is 8.42. The van der Waals surface area contributed by atoms with Crippen molar-refractivity contribution >= 4 is 39.9 Å². The molecule has 0 fully saturated rings. The van der Waals surface area contributed by atoms with Gasteiger partial charge in [-0.1, -0.05) is 0 Å². The van der Waals surface area contributed by atoms with Crippen LogP contribution < -0.4 is 10.6 Å². The van der Waals surface area contributed by atoms with Crippen LogP contribution >= 0.6 is 22.6 Å². The molecule has 1 aromatic carbocycles. The smallest absolute Gasteiger partial charge is 0.151 e. The number of nitrogens with one attached hydrogen (secondary N) is 2. The lowest BCUT2D eigenvalue weighted by molar-refractivity contribution is 0.627. The number of hydrogen-bond acceptors (Lipinski definition) is 4. The summed E-state index contributed by atoms with van der Waals surface area (Å²) in [6.07, 6.45) is 3.28.